The van der Waals surface area contributed by atoms with Crippen LogP contribution in [0, 0.1) is 0 Å². The fourth-order valence-electron chi connectivity index (χ4n) is 3.79. The Hall–Kier alpha value is -3.42. The smallest absolute Gasteiger partial charge is 0.265 e. The average Bonchev–Trinajstić information content (AvgIpc) is 2.78. The molecular formula is C24H23N3O3S. The summed E-state index contributed by atoms with van der Waals surface area (Å²) in [6, 6.07) is 22.4. The SMILES string of the molecule is CS(=O)(=O)c1ccc(N2c3ccccc3C=CC2Cc2ccc(C(=O)NN)cc2)cc1. The van der Waals surface area contributed by atoms with Crippen LogP contribution in [0.3, 0.4) is 0 Å². The molecule has 0 saturated carbocycles. The summed E-state index contributed by atoms with van der Waals surface area (Å²) < 4.78 is 23.7. The van der Waals surface area contributed by atoms with E-state index in [0.717, 1.165) is 22.5 Å². The second-order valence-electron chi connectivity index (χ2n) is 7.50. The number of nitrogen functional groups attached to an aromatic ring is 1. The molecule has 31 heavy (non-hydrogen) atoms. The third-order valence-electron chi connectivity index (χ3n) is 5.36. The van der Waals surface area contributed by atoms with Gasteiger partial charge in [-0.25, -0.2) is 14.3 Å². The summed E-state index contributed by atoms with van der Waals surface area (Å²) in [5, 5.41) is 0. The zero-order valence-corrected chi connectivity index (χ0v) is 17.8. The molecule has 3 aromatic rings. The van der Waals surface area contributed by atoms with Gasteiger partial charge in [0.05, 0.1) is 10.9 Å². The molecule has 1 heterocycles. The molecule has 1 aliphatic rings. The van der Waals surface area contributed by atoms with Gasteiger partial charge in [0.2, 0.25) is 0 Å². The van der Waals surface area contributed by atoms with Gasteiger partial charge in [0.15, 0.2) is 9.84 Å². The average molecular weight is 434 g/mol. The zero-order valence-electron chi connectivity index (χ0n) is 17.0. The molecule has 0 saturated heterocycles. The van der Waals surface area contributed by atoms with Crippen LogP contribution < -0.4 is 16.2 Å². The first-order valence-corrected chi connectivity index (χ1v) is 11.7. The van der Waals surface area contributed by atoms with E-state index in [0.29, 0.717) is 16.9 Å². The van der Waals surface area contributed by atoms with Crippen LogP contribution in [-0.4, -0.2) is 26.6 Å². The standard InChI is InChI=1S/C24H23N3O3S/c1-31(29,30)22-14-12-20(13-15-22)27-21(11-10-18-4-2-3-5-23(18)27)16-17-6-8-19(9-7-17)24(28)26-25/h2-15,21H,16,25H2,1H3,(H,26,28). The lowest BCUT2D eigenvalue weighted by atomic mass is 9.96. The molecule has 0 aliphatic carbocycles. The zero-order chi connectivity index (χ0) is 22.0. The molecule has 1 aliphatic heterocycles. The first kappa shape index (κ1) is 20.8. The van der Waals surface area contributed by atoms with Crippen molar-refractivity contribution in [2.45, 2.75) is 17.4 Å². The maximum atomic E-state index is 11.9. The highest BCUT2D eigenvalue weighted by Gasteiger charge is 2.24. The Bertz CT molecular complexity index is 1230. The number of sulfone groups is 1. The molecule has 0 spiro atoms. The Balaban J connectivity index is 1.68. The minimum Gasteiger partial charge on any atom is -0.334 e. The van der Waals surface area contributed by atoms with E-state index in [2.05, 4.69) is 34.6 Å². The molecule has 158 valence electrons. The van der Waals surface area contributed by atoms with Gasteiger partial charge in [-0.2, -0.15) is 0 Å². The van der Waals surface area contributed by atoms with E-state index in [1.807, 2.05) is 36.4 Å². The van der Waals surface area contributed by atoms with Crippen molar-refractivity contribution in [2.75, 3.05) is 11.2 Å². The van der Waals surface area contributed by atoms with E-state index in [1.54, 1.807) is 24.3 Å². The third kappa shape index (κ3) is 4.38. The predicted octanol–water partition coefficient (Wildman–Crippen LogP) is 3.47. The molecule has 1 amide bonds. The van der Waals surface area contributed by atoms with Crippen molar-refractivity contribution in [1.29, 1.82) is 0 Å². The lowest BCUT2D eigenvalue weighted by molar-refractivity contribution is 0.0953. The molecular weight excluding hydrogens is 410 g/mol. The number of benzene rings is 3. The molecule has 6 nitrogen and oxygen atoms in total. The number of amides is 1. The van der Waals surface area contributed by atoms with Crippen LogP contribution in [-0.2, 0) is 16.3 Å². The lowest BCUT2D eigenvalue weighted by Crippen LogP contribution is -2.33. The van der Waals surface area contributed by atoms with E-state index in [1.165, 1.54) is 6.26 Å². The van der Waals surface area contributed by atoms with Crippen molar-refractivity contribution >= 4 is 33.2 Å². The van der Waals surface area contributed by atoms with E-state index < -0.39 is 9.84 Å². The van der Waals surface area contributed by atoms with Crippen LogP contribution in [0.4, 0.5) is 11.4 Å². The highest BCUT2D eigenvalue weighted by atomic mass is 32.2. The second-order valence-corrected chi connectivity index (χ2v) is 9.51. The van der Waals surface area contributed by atoms with Gasteiger partial charge in [0.25, 0.3) is 5.91 Å². The van der Waals surface area contributed by atoms with Gasteiger partial charge in [0.1, 0.15) is 0 Å². The van der Waals surface area contributed by atoms with Crippen LogP contribution in [0.5, 0.6) is 0 Å². The topological polar surface area (TPSA) is 92.5 Å². The molecule has 0 aromatic heterocycles. The largest absolute Gasteiger partial charge is 0.334 e. The van der Waals surface area contributed by atoms with Gasteiger partial charge in [-0.1, -0.05) is 42.5 Å². The maximum Gasteiger partial charge on any atom is 0.265 e. The number of anilines is 2. The van der Waals surface area contributed by atoms with Crippen LogP contribution in [0.25, 0.3) is 6.08 Å². The summed E-state index contributed by atoms with van der Waals surface area (Å²) in [7, 11) is -3.26. The predicted molar refractivity (Wildman–Crippen MR) is 123 cm³/mol. The molecule has 0 radical (unpaired) electrons. The van der Waals surface area contributed by atoms with Gasteiger partial charge < -0.3 is 4.90 Å². The Kier molecular flexibility index (Phi) is 5.63. The van der Waals surface area contributed by atoms with Crippen molar-refractivity contribution in [3.63, 3.8) is 0 Å². The van der Waals surface area contributed by atoms with E-state index in [9.17, 15) is 13.2 Å². The summed E-state index contributed by atoms with van der Waals surface area (Å²) in [6.45, 7) is 0. The van der Waals surface area contributed by atoms with Crippen molar-refractivity contribution in [1.82, 2.24) is 5.43 Å². The highest BCUT2D eigenvalue weighted by molar-refractivity contribution is 7.90. The Labute approximate surface area is 181 Å². The van der Waals surface area contributed by atoms with Gasteiger partial charge in [-0.05, 0) is 60.0 Å². The van der Waals surface area contributed by atoms with E-state index >= 15 is 0 Å². The number of carbonyl (C=O) groups is 1. The van der Waals surface area contributed by atoms with Crippen LogP contribution in [0.15, 0.2) is 83.8 Å². The monoisotopic (exact) mass is 433 g/mol. The number of nitrogens with two attached hydrogens (primary N) is 1. The molecule has 1 atom stereocenters. The maximum absolute atomic E-state index is 11.9. The fraction of sp³-hybridized carbons (Fsp3) is 0.125. The molecule has 7 heteroatoms. The number of hydrazine groups is 1. The molecule has 1 unspecified atom stereocenters. The summed E-state index contributed by atoms with van der Waals surface area (Å²) in [4.78, 5) is 14.2. The number of hydrogen-bond donors (Lipinski definition) is 2. The summed E-state index contributed by atoms with van der Waals surface area (Å²) in [5.74, 6) is 4.88. The number of rotatable bonds is 5. The van der Waals surface area contributed by atoms with Crippen molar-refractivity contribution in [3.05, 3.63) is 95.6 Å². The number of para-hydroxylation sites is 1. The highest BCUT2D eigenvalue weighted by Crippen LogP contribution is 2.36. The number of nitrogens with zero attached hydrogens (tertiary/aromatic N) is 1. The van der Waals surface area contributed by atoms with Crippen molar-refractivity contribution in [2.24, 2.45) is 5.84 Å². The molecule has 3 aromatic carbocycles. The quantitative estimate of drug-likeness (QED) is 0.365. The number of fused-ring (bicyclic) bond motifs is 1. The van der Waals surface area contributed by atoms with Crippen LogP contribution >= 0.6 is 0 Å². The van der Waals surface area contributed by atoms with Crippen LogP contribution in [0.1, 0.15) is 21.5 Å². The summed E-state index contributed by atoms with van der Waals surface area (Å²) in [6.07, 6.45) is 6.17. The molecule has 4 rings (SSSR count). The van der Waals surface area contributed by atoms with Crippen molar-refractivity contribution < 1.29 is 13.2 Å². The summed E-state index contributed by atoms with van der Waals surface area (Å²) in [5.41, 5.74) is 6.77. The molecule has 0 bridgehead atoms. The van der Waals surface area contributed by atoms with Gasteiger partial charge in [-0.3, -0.25) is 10.2 Å². The number of hydrogen-bond acceptors (Lipinski definition) is 5. The van der Waals surface area contributed by atoms with Crippen LogP contribution in [0.2, 0.25) is 0 Å². The number of nitrogens with one attached hydrogen (secondary N) is 1. The van der Waals surface area contributed by atoms with E-state index in [-0.39, 0.29) is 11.9 Å². The second kappa shape index (κ2) is 8.37. The summed E-state index contributed by atoms with van der Waals surface area (Å²) >= 11 is 0. The normalized spacial score (nSPS) is 15.4. The van der Waals surface area contributed by atoms with Crippen molar-refractivity contribution in [3.8, 4) is 0 Å². The fourth-order valence-corrected chi connectivity index (χ4v) is 4.42. The first-order chi connectivity index (χ1) is 14.9. The molecule has 0 fully saturated rings. The Morgan fingerprint density at radius 2 is 1.68 bits per heavy atom. The molecule has 3 N–H and O–H groups in total. The first-order valence-electron chi connectivity index (χ1n) is 9.83. The minimum absolute atomic E-state index is 0.0215. The van der Waals surface area contributed by atoms with E-state index in [4.69, 9.17) is 5.84 Å². The Morgan fingerprint density at radius 1 is 1.00 bits per heavy atom. The Morgan fingerprint density at radius 3 is 2.32 bits per heavy atom. The lowest BCUT2D eigenvalue weighted by Gasteiger charge is -2.36. The van der Waals surface area contributed by atoms with Gasteiger partial charge in [0, 0.05) is 23.2 Å². The van der Waals surface area contributed by atoms with Gasteiger partial charge in [-0.15, -0.1) is 0 Å². The minimum atomic E-state index is -3.26. The third-order valence-corrected chi connectivity index (χ3v) is 6.49. The number of carbonyl (C=O) groups excluding carboxylic acids is 1. The van der Waals surface area contributed by atoms with Gasteiger partial charge >= 0.3 is 0 Å².